The first-order valence-electron chi connectivity index (χ1n) is 8.07. The van der Waals surface area contributed by atoms with Gasteiger partial charge in [0.05, 0.1) is 11.5 Å². The second kappa shape index (κ2) is 8.94. The highest BCUT2D eigenvalue weighted by Gasteiger charge is 2.08. The predicted molar refractivity (Wildman–Crippen MR) is 103 cm³/mol. The normalized spacial score (nSPS) is 10.3. The number of carbonyl (C=O) groups excluding carboxylic acids is 2. The fourth-order valence-corrected chi connectivity index (χ4v) is 2.93. The molecule has 5 nitrogen and oxygen atoms in total. The third kappa shape index (κ3) is 5.27. The van der Waals surface area contributed by atoms with E-state index in [4.69, 9.17) is 4.74 Å². The minimum absolute atomic E-state index is 0.0410. The van der Waals surface area contributed by atoms with Crippen LogP contribution in [0.4, 0.5) is 11.4 Å². The summed E-state index contributed by atoms with van der Waals surface area (Å²) in [5.74, 6) is -0.419. The molecule has 0 fully saturated rings. The van der Waals surface area contributed by atoms with E-state index in [0.29, 0.717) is 22.9 Å². The summed E-state index contributed by atoms with van der Waals surface area (Å²) in [4.78, 5) is 24.7. The largest absolute Gasteiger partial charge is 0.367 e. The fraction of sp³-hybridized carbons (Fsp3) is 0.100. The molecule has 3 rings (SSSR count). The molecule has 132 valence electrons. The Morgan fingerprint density at radius 3 is 2.38 bits per heavy atom. The lowest BCUT2D eigenvalue weighted by Crippen LogP contribution is -2.18. The van der Waals surface area contributed by atoms with Crippen LogP contribution in [0.1, 0.15) is 15.2 Å². The number of hydrogen-bond donors (Lipinski definition) is 2. The number of anilines is 2. The predicted octanol–water partition coefficient (Wildman–Crippen LogP) is 4.16. The highest BCUT2D eigenvalue weighted by molar-refractivity contribution is 7.12. The summed E-state index contributed by atoms with van der Waals surface area (Å²) in [6.45, 7) is 0.339. The summed E-state index contributed by atoms with van der Waals surface area (Å²) < 4.78 is 5.42. The number of rotatable bonds is 7. The maximum atomic E-state index is 12.1. The van der Waals surface area contributed by atoms with Crippen LogP contribution in [0.5, 0.6) is 0 Å². The average Bonchev–Trinajstić information content (AvgIpc) is 3.18. The van der Waals surface area contributed by atoms with Crippen molar-refractivity contribution in [2.45, 2.75) is 6.61 Å². The summed E-state index contributed by atoms with van der Waals surface area (Å²) in [5, 5.41) is 7.42. The number of benzene rings is 2. The molecule has 0 spiro atoms. The van der Waals surface area contributed by atoms with Gasteiger partial charge in [0.1, 0.15) is 6.61 Å². The molecule has 2 amide bonds. The monoisotopic (exact) mass is 366 g/mol. The van der Waals surface area contributed by atoms with E-state index in [1.165, 1.54) is 11.3 Å². The van der Waals surface area contributed by atoms with E-state index in [2.05, 4.69) is 10.6 Å². The standard InChI is InChI=1S/C20H18N2O3S/c23-19(14-25-13-15-6-2-1-3-7-15)21-16-8-4-9-17(12-16)22-20(24)18-10-5-11-26-18/h1-12H,13-14H2,(H,21,23)(H,22,24). The molecule has 26 heavy (non-hydrogen) atoms. The van der Waals surface area contributed by atoms with Crippen LogP contribution in [-0.4, -0.2) is 18.4 Å². The minimum atomic E-state index is -0.248. The van der Waals surface area contributed by atoms with Crippen molar-refractivity contribution in [2.24, 2.45) is 0 Å². The second-order valence-corrected chi connectivity index (χ2v) is 6.49. The first-order chi connectivity index (χ1) is 12.7. The highest BCUT2D eigenvalue weighted by Crippen LogP contribution is 2.17. The van der Waals surface area contributed by atoms with Crippen molar-refractivity contribution in [1.82, 2.24) is 0 Å². The van der Waals surface area contributed by atoms with Crippen molar-refractivity contribution in [1.29, 1.82) is 0 Å². The van der Waals surface area contributed by atoms with Gasteiger partial charge in [0.15, 0.2) is 0 Å². The van der Waals surface area contributed by atoms with Crippen molar-refractivity contribution in [3.63, 3.8) is 0 Å². The Balaban J connectivity index is 1.50. The lowest BCUT2D eigenvalue weighted by atomic mass is 10.2. The summed E-state index contributed by atoms with van der Waals surface area (Å²) in [7, 11) is 0. The minimum Gasteiger partial charge on any atom is -0.367 e. The molecule has 0 aliphatic rings. The molecule has 2 aromatic carbocycles. The molecule has 3 aromatic rings. The van der Waals surface area contributed by atoms with Gasteiger partial charge in [-0.2, -0.15) is 0 Å². The quantitative estimate of drug-likeness (QED) is 0.660. The van der Waals surface area contributed by atoms with Gasteiger partial charge in [0.2, 0.25) is 5.91 Å². The number of ether oxygens (including phenoxy) is 1. The molecule has 0 radical (unpaired) electrons. The zero-order valence-electron chi connectivity index (χ0n) is 14.0. The van der Waals surface area contributed by atoms with E-state index in [0.717, 1.165) is 5.56 Å². The molecule has 0 bridgehead atoms. The lowest BCUT2D eigenvalue weighted by molar-refractivity contribution is -0.121. The Morgan fingerprint density at radius 1 is 0.885 bits per heavy atom. The molecular formula is C20H18N2O3S. The van der Waals surface area contributed by atoms with Gasteiger partial charge in [-0.3, -0.25) is 9.59 Å². The van der Waals surface area contributed by atoms with Crippen molar-refractivity contribution in [2.75, 3.05) is 17.2 Å². The Hall–Kier alpha value is -2.96. The summed E-state index contributed by atoms with van der Waals surface area (Å²) in [5.41, 5.74) is 2.23. The third-order valence-electron chi connectivity index (χ3n) is 3.49. The molecule has 0 saturated carbocycles. The van der Waals surface area contributed by atoms with Crippen molar-refractivity contribution < 1.29 is 14.3 Å². The molecule has 0 aliphatic heterocycles. The van der Waals surface area contributed by atoms with Crippen LogP contribution in [0.3, 0.4) is 0 Å². The van der Waals surface area contributed by atoms with Crippen LogP contribution in [0.25, 0.3) is 0 Å². The van der Waals surface area contributed by atoms with E-state index in [-0.39, 0.29) is 18.4 Å². The molecule has 0 unspecified atom stereocenters. The van der Waals surface area contributed by atoms with Gasteiger partial charge < -0.3 is 15.4 Å². The van der Waals surface area contributed by atoms with E-state index < -0.39 is 0 Å². The number of nitrogens with one attached hydrogen (secondary N) is 2. The van der Waals surface area contributed by atoms with Gasteiger partial charge in [-0.1, -0.05) is 42.5 Å². The fourth-order valence-electron chi connectivity index (χ4n) is 2.31. The smallest absolute Gasteiger partial charge is 0.265 e. The SMILES string of the molecule is O=C(COCc1ccccc1)Nc1cccc(NC(=O)c2cccs2)c1. The second-order valence-electron chi connectivity index (χ2n) is 5.54. The van der Waals surface area contributed by atoms with Gasteiger partial charge >= 0.3 is 0 Å². The molecule has 0 aliphatic carbocycles. The number of thiophene rings is 1. The molecule has 1 heterocycles. The Kier molecular flexibility index (Phi) is 6.14. The molecule has 6 heteroatoms. The van der Waals surface area contributed by atoms with E-state index in [9.17, 15) is 9.59 Å². The van der Waals surface area contributed by atoms with Gasteiger partial charge in [-0.05, 0) is 35.2 Å². The highest BCUT2D eigenvalue weighted by atomic mass is 32.1. The van der Waals surface area contributed by atoms with Crippen molar-refractivity contribution in [3.8, 4) is 0 Å². The molecule has 0 saturated heterocycles. The molecule has 0 atom stereocenters. The average molecular weight is 366 g/mol. The molecule has 1 aromatic heterocycles. The summed E-state index contributed by atoms with van der Waals surface area (Å²) in [6.07, 6.45) is 0. The van der Waals surface area contributed by atoms with Gasteiger partial charge in [-0.25, -0.2) is 0 Å². The first-order valence-corrected chi connectivity index (χ1v) is 8.95. The number of amides is 2. The summed E-state index contributed by atoms with van der Waals surface area (Å²) in [6, 6.07) is 20.3. The third-order valence-corrected chi connectivity index (χ3v) is 4.36. The molecular weight excluding hydrogens is 348 g/mol. The zero-order chi connectivity index (χ0) is 18.2. The topological polar surface area (TPSA) is 67.4 Å². The van der Waals surface area contributed by atoms with Crippen LogP contribution in [-0.2, 0) is 16.1 Å². The van der Waals surface area contributed by atoms with E-state index >= 15 is 0 Å². The zero-order valence-corrected chi connectivity index (χ0v) is 14.8. The first kappa shape index (κ1) is 17.8. The Morgan fingerprint density at radius 2 is 1.65 bits per heavy atom. The molecule has 2 N–H and O–H groups in total. The Labute approximate surface area is 155 Å². The maximum Gasteiger partial charge on any atom is 0.265 e. The van der Waals surface area contributed by atoms with Crippen LogP contribution in [0.15, 0.2) is 72.1 Å². The van der Waals surface area contributed by atoms with Crippen LogP contribution >= 0.6 is 11.3 Å². The van der Waals surface area contributed by atoms with Gasteiger partial charge in [-0.15, -0.1) is 11.3 Å². The van der Waals surface area contributed by atoms with E-state index in [1.807, 2.05) is 41.8 Å². The Bertz CT molecular complexity index is 864. The lowest BCUT2D eigenvalue weighted by Gasteiger charge is -2.09. The summed E-state index contributed by atoms with van der Waals surface area (Å²) >= 11 is 1.37. The van der Waals surface area contributed by atoms with Crippen molar-refractivity contribution >= 4 is 34.5 Å². The van der Waals surface area contributed by atoms with Gasteiger partial charge in [0, 0.05) is 11.4 Å². The van der Waals surface area contributed by atoms with Crippen LogP contribution in [0.2, 0.25) is 0 Å². The van der Waals surface area contributed by atoms with E-state index in [1.54, 1.807) is 30.3 Å². The number of hydrogen-bond acceptors (Lipinski definition) is 4. The maximum absolute atomic E-state index is 12.1. The van der Waals surface area contributed by atoms with Crippen LogP contribution in [0, 0.1) is 0 Å². The van der Waals surface area contributed by atoms with Gasteiger partial charge in [0.25, 0.3) is 5.91 Å². The van der Waals surface area contributed by atoms with Crippen LogP contribution < -0.4 is 10.6 Å². The van der Waals surface area contributed by atoms with Crippen molar-refractivity contribution in [3.05, 3.63) is 82.6 Å². The number of carbonyl (C=O) groups is 2.